The van der Waals surface area contributed by atoms with Gasteiger partial charge >= 0.3 is 0 Å². The van der Waals surface area contributed by atoms with Gasteiger partial charge in [0.05, 0.1) is 11.3 Å². The van der Waals surface area contributed by atoms with Crippen LogP contribution in [0.15, 0.2) is 30.7 Å². The Bertz CT molecular complexity index is 1020. The molecule has 0 spiro atoms. The highest BCUT2D eigenvalue weighted by atomic mass is 19.3. The molecule has 0 unspecified atom stereocenters. The number of alkyl halides is 2. The zero-order chi connectivity index (χ0) is 21.0. The molecule has 0 saturated heterocycles. The SMILES string of the molecule is CC(=O)c1cc(-c2nn(CC(F)F)cc2-c2ccnc(NCCN)n2)cnc1N. The predicted octanol–water partition coefficient (Wildman–Crippen LogP) is 1.82. The van der Waals surface area contributed by atoms with Crippen LogP contribution in [0, 0.1) is 0 Å². The smallest absolute Gasteiger partial charge is 0.257 e. The number of carbonyl (C=O) groups is 1. The zero-order valence-electron chi connectivity index (χ0n) is 15.6. The quantitative estimate of drug-likeness (QED) is 0.485. The molecule has 3 aromatic rings. The lowest BCUT2D eigenvalue weighted by molar-refractivity contribution is 0.101. The van der Waals surface area contributed by atoms with E-state index in [0.29, 0.717) is 41.6 Å². The number of rotatable bonds is 8. The number of anilines is 2. The average molecular weight is 402 g/mol. The van der Waals surface area contributed by atoms with Gasteiger partial charge in [0.1, 0.15) is 18.1 Å². The molecule has 0 bridgehead atoms. The van der Waals surface area contributed by atoms with Crippen molar-refractivity contribution < 1.29 is 13.6 Å². The molecule has 0 atom stereocenters. The number of aromatic nitrogens is 5. The Balaban J connectivity index is 2.11. The number of ketones is 1. The molecule has 0 aliphatic carbocycles. The van der Waals surface area contributed by atoms with Crippen molar-refractivity contribution in [3.05, 3.63) is 36.3 Å². The summed E-state index contributed by atoms with van der Waals surface area (Å²) in [4.78, 5) is 24.4. The van der Waals surface area contributed by atoms with Gasteiger partial charge in [-0.05, 0) is 19.1 Å². The third-order valence-corrected chi connectivity index (χ3v) is 4.02. The van der Waals surface area contributed by atoms with E-state index in [1.165, 1.54) is 31.6 Å². The first-order valence-corrected chi connectivity index (χ1v) is 8.78. The van der Waals surface area contributed by atoms with Crippen LogP contribution in [-0.4, -0.2) is 50.0 Å². The maximum atomic E-state index is 12.9. The average Bonchev–Trinajstić information content (AvgIpc) is 3.09. The number of hydrogen-bond donors (Lipinski definition) is 3. The molecule has 3 rings (SSSR count). The summed E-state index contributed by atoms with van der Waals surface area (Å²) in [6.45, 7) is 1.66. The van der Waals surface area contributed by atoms with Gasteiger partial charge in [-0.15, -0.1) is 0 Å². The van der Waals surface area contributed by atoms with Crippen LogP contribution in [-0.2, 0) is 6.54 Å². The summed E-state index contributed by atoms with van der Waals surface area (Å²) in [5, 5.41) is 7.23. The Kier molecular flexibility index (Phi) is 6.07. The molecule has 0 amide bonds. The second-order valence-corrected chi connectivity index (χ2v) is 6.20. The van der Waals surface area contributed by atoms with E-state index in [4.69, 9.17) is 11.5 Å². The van der Waals surface area contributed by atoms with Crippen LogP contribution in [0.5, 0.6) is 0 Å². The second-order valence-electron chi connectivity index (χ2n) is 6.20. The predicted molar refractivity (Wildman–Crippen MR) is 104 cm³/mol. The molecule has 29 heavy (non-hydrogen) atoms. The normalized spacial score (nSPS) is 11.1. The summed E-state index contributed by atoms with van der Waals surface area (Å²) in [7, 11) is 0. The highest BCUT2D eigenvalue weighted by molar-refractivity contribution is 5.99. The van der Waals surface area contributed by atoms with Gasteiger partial charge in [-0.3, -0.25) is 9.48 Å². The molecule has 0 aliphatic rings. The molecule has 0 fully saturated rings. The van der Waals surface area contributed by atoms with E-state index in [-0.39, 0.29) is 17.2 Å². The Labute approximate surface area is 165 Å². The first-order valence-electron chi connectivity index (χ1n) is 8.78. The fourth-order valence-corrected chi connectivity index (χ4v) is 2.72. The van der Waals surface area contributed by atoms with Gasteiger partial charge < -0.3 is 16.8 Å². The molecule has 5 N–H and O–H groups in total. The van der Waals surface area contributed by atoms with E-state index in [1.807, 2.05) is 0 Å². The van der Waals surface area contributed by atoms with Crippen molar-refractivity contribution in [1.29, 1.82) is 0 Å². The minimum Gasteiger partial charge on any atom is -0.383 e. The van der Waals surface area contributed by atoms with Gasteiger partial charge in [-0.25, -0.2) is 23.7 Å². The van der Waals surface area contributed by atoms with Gasteiger partial charge in [-0.2, -0.15) is 5.10 Å². The van der Waals surface area contributed by atoms with Crippen LogP contribution in [0.25, 0.3) is 22.5 Å². The highest BCUT2D eigenvalue weighted by Crippen LogP contribution is 2.31. The number of nitrogens with zero attached hydrogens (tertiary/aromatic N) is 5. The molecular formula is C18H20F2N8O. The van der Waals surface area contributed by atoms with Crippen LogP contribution in [0.3, 0.4) is 0 Å². The van der Waals surface area contributed by atoms with Gasteiger partial charge in [0.25, 0.3) is 6.43 Å². The van der Waals surface area contributed by atoms with Gasteiger partial charge in [-0.1, -0.05) is 0 Å². The fourth-order valence-electron chi connectivity index (χ4n) is 2.72. The lowest BCUT2D eigenvalue weighted by Gasteiger charge is -2.07. The second kappa shape index (κ2) is 8.69. The minimum absolute atomic E-state index is 0.0881. The van der Waals surface area contributed by atoms with Crippen molar-refractivity contribution in [1.82, 2.24) is 24.7 Å². The monoisotopic (exact) mass is 402 g/mol. The van der Waals surface area contributed by atoms with E-state index in [0.717, 1.165) is 4.68 Å². The van der Waals surface area contributed by atoms with E-state index in [9.17, 15) is 13.6 Å². The maximum Gasteiger partial charge on any atom is 0.257 e. The third-order valence-electron chi connectivity index (χ3n) is 4.02. The van der Waals surface area contributed by atoms with Crippen molar-refractivity contribution in [3.8, 4) is 22.5 Å². The number of carbonyl (C=O) groups excluding carboxylic acids is 1. The molecule has 0 aliphatic heterocycles. The first-order chi connectivity index (χ1) is 13.9. The third kappa shape index (κ3) is 4.69. The number of hydrogen-bond acceptors (Lipinski definition) is 8. The van der Waals surface area contributed by atoms with Crippen LogP contribution in [0.2, 0.25) is 0 Å². The Morgan fingerprint density at radius 1 is 1.34 bits per heavy atom. The molecule has 0 radical (unpaired) electrons. The fraction of sp³-hybridized carbons (Fsp3) is 0.278. The zero-order valence-corrected chi connectivity index (χ0v) is 15.6. The van der Waals surface area contributed by atoms with E-state index < -0.39 is 13.0 Å². The summed E-state index contributed by atoms with van der Waals surface area (Å²) in [6, 6.07) is 3.18. The van der Waals surface area contributed by atoms with Gasteiger partial charge in [0.15, 0.2) is 5.78 Å². The summed E-state index contributed by atoms with van der Waals surface area (Å²) in [6.07, 6.45) is 1.87. The number of nitrogens with one attached hydrogen (secondary N) is 1. The van der Waals surface area contributed by atoms with Crippen LogP contribution < -0.4 is 16.8 Å². The number of halogens is 2. The van der Waals surface area contributed by atoms with Crippen molar-refractivity contribution in [2.24, 2.45) is 5.73 Å². The molecule has 3 aromatic heterocycles. The molecule has 0 aromatic carbocycles. The summed E-state index contributed by atoms with van der Waals surface area (Å²) in [5.74, 6) is 0.172. The standard InChI is InChI=1S/C18H20F2N8O/c1-10(29)12-6-11(7-25-17(12)22)16-13(8-28(27-16)9-15(19)20)14-2-4-23-18(26-14)24-5-3-21/h2,4,6-8,15H,3,5,9,21H2,1H3,(H2,22,25)(H,23,24,26). The number of nitrogen functional groups attached to an aromatic ring is 1. The van der Waals surface area contributed by atoms with Crippen molar-refractivity contribution in [2.75, 3.05) is 24.1 Å². The molecule has 152 valence electrons. The molecule has 3 heterocycles. The van der Waals surface area contributed by atoms with E-state index in [1.54, 1.807) is 6.07 Å². The summed E-state index contributed by atoms with van der Waals surface area (Å²) < 4.78 is 27.0. The molecule has 0 saturated carbocycles. The lowest BCUT2D eigenvalue weighted by atomic mass is 10.0. The molecule has 9 nitrogen and oxygen atoms in total. The lowest BCUT2D eigenvalue weighted by Crippen LogP contribution is -2.14. The largest absolute Gasteiger partial charge is 0.383 e. The van der Waals surface area contributed by atoms with Crippen LogP contribution in [0.1, 0.15) is 17.3 Å². The van der Waals surface area contributed by atoms with Gasteiger partial charge in [0, 0.05) is 42.8 Å². The van der Waals surface area contributed by atoms with Crippen LogP contribution in [0.4, 0.5) is 20.5 Å². The Hall–Kier alpha value is -3.47. The van der Waals surface area contributed by atoms with E-state index in [2.05, 4.69) is 25.4 Å². The van der Waals surface area contributed by atoms with Crippen molar-refractivity contribution in [2.45, 2.75) is 19.9 Å². The Morgan fingerprint density at radius 2 is 2.14 bits per heavy atom. The number of pyridine rings is 1. The maximum absolute atomic E-state index is 12.9. The summed E-state index contributed by atoms with van der Waals surface area (Å²) >= 11 is 0. The highest BCUT2D eigenvalue weighted by Gasteiger charge is 2.19. The van der Waals surface area contributed by atoms with Gasteiger partial charge in [0.2, 0.25) is 5.95 Å². The number of nitrogens with two attached hydrogens (primary N) is 2. The van der Waals surface area contributed by atoms with Crippen LogP contribution >= 0.6 is 0 Å². The summed E-state index contributed by atoms with van der Waals surface area (Å²) in [5.41, 5.74) is 13.2. The first kappa shape index (κ1) is 20.3. The topological polar surface area (TPSA) is 138 Å². The van der Waals surface area contributed by atoms with Crippen molar-refractivity contribution >= 4 is 17.5 Å². The molecular weight excluding hydrogens is 382 g/mol. The minimum atomic E-state index is -2.58. The molecule has 11 heteroatoms. The van der Waals surface area contributed by atoms with E-state index >= 15 is 0 Å². The Morgan fingerprint density at radius 3 is 2.83 bits per heavy atom. The van der Waals surface area contributed by atoms with Crippen molar-refractivity contribution in [3.63, 3.8) is 0 Å². The number of Topliss-reactive ketones (excluding diaryl/α,β-unsaturated/α-hetero) is 1.